The highest BCUT2D eigenvalue weighted by Gasteiger charge is 2.23. The summed E-state index contributed by atoms with van der Waals surface area (Å²) in [7, 11) is 0. The maximum Gasteiger partial charge on any atom is 0.335 e. The van der Waals surface area contributed by atoms with Gasteiger partial charge in [-0.1, -0.05) is 0 Å². The van der Waals surface area contributed by atoms with E-state index in [9.17, 15) is 4.79 Å². The molecule has 6 nitrogen and oxygen atoms in total. The van der Waals surface area contributed by atoms with Crippen LogP contribution in [-0.4, -0.2) is 62.6 Å². The minimum Gasteiger partial charge on any atom is -0.478 e. The second-order valence-electron chi connectivity index (χ2n) is 8.00. The lowest BCUT2D eigenvalue weighted by Gasteiger charge is -2.38. The van der Waals surface area contributed by atoms with Crippen molar-refractivity contribution in [2.75, 3.05) is 54.0 Å². The molecule has 2 aliphatic heterocycles. The Labute approximate surface area is 172 Å². The third-order valence-corrected chi connectivity index (χ3v) is 5.76. The van der Waals surface area contributed by atoms with Gasteiger partial charge in [0, 0.05) is 56.3 Å². The number of carboxylic acids is 1. The first-order valence-electron chi connectivity index (χ1n) is 10.3. The molecule has 0 spiro atoms. The molecule has 1 N–H and O–H groups in total. The zero-order valence-electron chi connectivity index (χ0n) is 17.1. The number of ether oxygens (including phenoxy) is 1. The predicted octanol–water partition coefficient (Wildman–Crippen LogP) is 3.33. The molecule has 29 heavy (non-hydrogen) atoms. The second-order valence-corrected chi connectivity index (χ2v) is 8.00. The number of morpholine rings is 1. The molecular formula is C23H29N3O3. The first-order chi connectivity index (χ1) is 14.0. The Morgan fingerprint density at radius 2 is 1.14 bits per heavy atom. The van der Waals surface area contributed by atoms with E-state index in [2.05, 4.69) is 52.8 Å². The van der Waals surface area contributed by atoms with Crippen LogP contribution in [0.2, 0.25) is 0 Å². The fraction of sp³-hybridized carbons (Fsp3) is 0.435. The number of nitrogens with zero attached hydrogens (tertiary/aromatic N) is 3. The molecule has 0 bridgehead atoms. The number of piperazine rings is 1. The van der Waals surface area contributed by atoms with Gasteiger partial charge in [0.05, 0.1) is 17.8 Å². The zero-order valence-corrected chi connectivity index (χ0v) is 17.1. The Balaban J connectivity index is 1.35. The van der Waals surface area contributed by atoms with Gasteiger partial charge in [-0.2, -0.15) is 0 Å². The summed E-state index contributed by atoms with van der Waals surface area (Å²) in [6.07, 6.45) is 0.520. The molecule has 4 rings (SSSR count). The lowest BCUT2D eigenvalue weighted by molar-refractivity contribution is -0.00521. The highest BCUT2D eigenvalue weighted by molar-refractivity contribution is 5.88. The van der Waals surface area contributed by atoms with Gasteiger partial charge < -0.3 is 24.5 Å². The van der Waals surface area contributed by atoms with Gasteiger partial charge in [-0.25, -0.2) is 4.79 Å². The quantitative estimate of drug-likeness (QED) is 0.857. The molecule has 2 aliphatic rings. The molecule has 0 amide bonds. The lowest BCUT2D eigenvalue weighted by atomic mass is 10.1. The summed E-state index contributed by atoms with van der Waals surface area (Å²) in [4.78, 5) is 18.1. The molecule has 2 atom stereocenters. The number of hydrogen-bond acceptors (Lipinski definition) is 5. The highest BCUT2D eigenvalue weighted by atomic mass is 16.5. The molecule has 2 aromatic carbocycles. The largest absolute Gasteiger partial charge is 0.478 e. The van der Waals surface area contributed by atoms with E-state index in [1.807, 2.05) is 12.1 Å². The van der Waals surface area contributed by atoms with Gasteiger partial charge in [0.25, 0.3) is 0 Å². The molecule has 0 saturated carbocycles. The van der Waals surface area contributed by atoms with Crippen molar-refractivity contribution in [2.24, 2.45) is 0 Å². The van der Waals surface area contributed by atoms with E-state index in [-0.39, 0.29) is 12.2 Å². The number of anilines is 3. The molecule has 2 unspecified atom stereocenters. The molecular weight excluding hydrogens is 366 g/mol. The average molecular weight is 396 g/mol. The summed E-state index contributed by atoms with van der Waals surface area (Å²) >= 11 is 0. The summed E-state index contributed by atoms with van der Waals surface area (Å²) < 4.78 is 5.84. The normalized spacial score (nSPS) is 22.6. The Hall–Kier alpha value is -2.73. The van der Waals surface area contributed by atoms with Crippen LogP contribution in [0.1, 0.15) is 24.2 Å². The maximum atomic E-state index is 11.0. The molecule has 2 heterocycles. The van der Waals surface area contributed by atoms with Crippen LogP contribution >= 0.6 is 0 Å². The predicted molar refractivity (Wildman–Crippen MR) is 116 cm³/mol. The van der Waals surface area contributed by atoms with E-state index >= 15 is 0 Å². The first kappa shape index (κ1) is 19.6. The van der Waals surface area contributed by atoms with Crippen molar-refractivity contribution in [1.82, 2.24) is 0 Å². The molecule has 2 fully saturated rings. The zero-order chi connectivity index (χ0) is 20.4. The average Bonchev–Trinajstić information content (AvgIpc) is 2.73. The number of carbonyl (C=O) groups is 1. The van der Waals surface area contributed by atoms with Crippen molar-refractivity contribution in [2.45, 2.75) is 26.1 Å². The Morgan fingerprint density at radius 1 is 0.759 bits per heavy atom. The van der Waals surface area contributed by atoms with E-state index < -0.39 is 5.97 Å². The van der Waals surface area contributed by atoms with Gasteiger partial charge in [0.1, 0.15) is 0 Å². The van der Waals surface area contributed by atoms with Gasteiger partial charge in [0.15, 0.2) is 0 Å². The standard InChI is InChI=1S/C23H29N3O3/c1-17-15-26(16-18(2)29-17)22-9-7-21(8-10-22)25-13-11-24(12-14-25)20-5-3-19(4-6-20)23(27)28/h3-10,17-18H,11-16H2,1-2H3,(H,27,28). The molecule has 0 aromatic heterocycles. The number of benzene rings is 2. The fourth-order valence-electron chi connectivity index (χ4n) is 4.30. The number of hydrogen-bond donors (Lipinski definition) is 1. The van der Waals surface area contributed by atoms with Crippen molar-refractivity contribution in [3.8, 4) is 0 Å². The summed E-state index contributed by atoms with van der Waals surface area (Å²) in [5.41, 5.74) is 3.92. The maximum absolute atomic E-state index is 11.0. The van der Waals surface area contributed by atoms with Crippen LogP contribution in [0.3, 0.4) is 0 Å². The smallest absolute Gasteiger partial charge is 0.335 e. The van der Waals surface area contributed by atoms with Crippen LogP contribution < -0.4 is 14.7 Å². The van der Waals surface area contributed by atoms with Crippen molar-refractivity contribution in [3.05, 3.63) is 54.1 Å². The van der Waals surface area contributed by atoms with Crippen LogP contribution in [-0.2, 0) is 4.74 Å². The summed E-state index contributed by atoms with van der Waals surface area (Å²) in [6, 6.07) is 16.0. The minimum absolute atomic E-state index is 0.260. The Kier molecular flexibility index (Phi) is 5.62. The molecule has 2 aromatic rings. The Morgan fingerprint density at radius 3 is 1.55 bits per heavy atom. The SMILES string of the molecule is CC1CN(c2ccc(N3CCN(c4ccc(C(=O)O)cc4)CC3)cc2)CC(C)O1. The molecule has 2 saturated heterocycles. The lowest BCUT2D eigenvalue weighted by Crippen LogP contribution is -2.46. The summed E-state index contributed by atoms with van der Waals surface area (Å²) in [5.74, 6) is -0.884. The molecule has 0 radical (unpaired) electrons. The van der Waals surface area contributed by atoms with E-state index in [0.717, 1.165) is 45.0 Å². The molecule has 6 heteroatoms. The molecule has 0 aliphatic carbocycles. The van der Waals surface area contributed by atoms with Crippen LogP contribution in [0, 0.1) is 0 Å². The summed E-state index contributed by atoms with van der Waals surface area (Å²) in [5, 5.41) is 9.05. The summed E-state index contributed by atoms with van der Waals surface area (Å²) in [6.45, 7) is 9.88. The van der Waals surface area contributed by atoms with Gasteiger partial charge in [-0.15, -0.1) is 0 Å². The Bertz CT molecular complexity index is 819. The van der Waals surface area contributed by atoms with Crippen LogP contribution in [0.25, 0.3) is 0 Å². The number of carboxylic acid groups (broad SMARTS) is 1. The third-order valence-electron chi connectivity index (χ3n) is 5.76. The van der Waals surface area contributed by atoms with E-state index in [1.54, 1.807) is 12.1 Å². The van der Waals surface area contributed by atoms with Crippen molar-refractivity contribution in [3.63, 3.8) is 0 Å². The van der Waals surface area contributed by atoms with Gasteiger partial charge in [0.2, 0.25) is 0 Å². The van der Waals surface area contributed by atoms with Crippen molar-refractivity contribution >= 4 is 23.0 Å². The minimum atomic E-state index is -0.884. The third kappa shape index (κ3) is 4.48. The highest BCUT2D eigenvalue weighted by Crippen LogP contribution is 2.26. The van der Waals surface area contributed by atoms with Crippen LogP contribution in [0.5, 0.6) is 0 Å². The molecule has 154 valence electrons. The van der Waals surface area contributed by atoms with Crippen LogP contribution in [0.15, 0.2) is 48.5 Å². The number of aromatic carboxylic acids is 1. The monoisotopic (exact) mass is 395 g/mol. The van der Waals surface area contributed by atoms with Gasteiger partial charge >= 0.3 is 5.97 Å². The second kappa shape index (κ2) is 8.33. The van der Waals surface area contributed by atoms with E-state index in [4.69, 9.17) is 9.84 Å². The van der Waals surface area contributed by atoms with Gasteiger partial charge in [-0.3, -0.25) is 0 Å². The first-order valence-corrected chi connectivity index (χ1v) is 10.3. The number of rotatable bonds is 4. The van der Waals surface area contributed by atoms with Crippen molar-refractivity contribution < 1.29 is 14.6 Å². The van der Waals surface area contributed by atoms with Gasteiger partial charge in [-0.05, 0) is 62.4 Å². The van der Waals surface area contributed by atoms with Crippen LogP contribution in [0.4, 0.5) is 17.1 Å². The fourth-order valence-corrected chi connectivity index (χ4v) is 4.30. The topological polar surface area (TPSA) is 56.2 Å². The van der Waals surface area contributed by atoms with E-state index in [0.29, 0.717) is 5.56 Å². The van der Waals surface area contributed by atoms with E-state index in [1.165, 1.54) is 11.4 Å². The van der Waals surface area contributed by atoms with Crippen molar-refractivity contribution in [1.29, 1.82) is 0 Å².